The van der Waals surface area contributed by atoms with Gasteiger partial charge in [-0.3, -0.25) is 0 Å². The fraction of sp³-hybridized carbons (Fsp3) is 0.333. The molecule has 3 aromatic rings. The smallest absolute Gasteiger partial charge is 0.219 e. The van der Waals surface area contributed by atoms with Crippen molar-refractivity contribution in [2.24, 2.45) is 0 Å². The summed E-state index contributed by atoms with van der Waals surface area (Å²) in [6.45, 7) is 4.38. The number of hydrogen-bond donors (Lipinski definition) is 1. The van der Waals surface area contributed by atoms with Gasteiger partial charge in [-0.15, -0.1) is 11.3 Å². The van der Waals surface area contributed by atoms with Crippen molar-refractivity contribution in [1.82, 2.24) is 19.9 Å². The van der Waals surface area contributed by atoms with Gasteiger partial charge in [0.1, 0.15) is 10.6 Å². The standard InChI is InChI=1S/C15H16N6OS/c1-9-8-22-4-3-21(9)13-11-2-5-23-14(11)20-12(19-13)10-6-17-15(16)18-7-10/h2,5-7,9H,3-4,8H2,1H3,(H2,16,17,18). The largest absolute Gasteiger partial charge is 0.377 e. The molecule has 1 atom stereocenters. The number of rotatable bonds is 2. The summed E-state index contributed by atoms with van der Waals surface area (Å²) in [4.78, 5) is 20.7. The van der Waals surface area contributed by atoms with E-state index in [2.05, 4.69) is 32.8 Å². The lowest BCUT2D eigenvalue weighted by molar-refractivity contribution is 0.0987. The molecule has 1 unspecified atom stereocenters. The fourth-order valence-electron chi connectivity index (χ4n) is 2.68. The third-order valence-electron chi connectivity index (χ3n) is 3.87. The normalized spacial score (nSPS) is 18.5. The number of thiophene rings is 1. The number of nitrogen functional groups attached to an aromatic ring is 1. The second-order valence-corrected chi connectivity index (χ2v) is 6.35. The van der Waals surface area contributed by atoms with Crippen LogP contribution >= 0.6 is 11.3 Å². The lowest BCUT2D eigenvalue weighted by Crippen LogP contribution is -2.44. The van der Waals surface area contributed by atoms with Crippen LogP contribution in [0.4, 0.5) is 11.8 Å². The average Bonchev–Trinajstić information content (AvgIpc) is 3.04. The number of fused-ring (bicyclic) bond motifs is 1. The number of nitrogens with two attached hydrogens (primary N) is 1. The second-order valence-electron chi connectivity index (χ2n) is 5.46. The molecule has 1 aliphatic rings. The fourth-order valence-corrected chi connectivity index (χ4v) is 3.44. The van der Waals surface area contributed by atoms with Gasteiger partial charge in [-0.25, -0.2) is 19.9 Å². The lowest BCUT2D eigenvalue weighted by atomic mass is 10.2. The number of morpholine rings is 1. The number of hydrogen-bond acceptors (Lipinski definition) is 8. The summed E-state index contributed by atoms with van der Waals surface area (Å²) in [5.74, 6) is 1.81. The van der Waals surface area contributed by atoms with Crippen molar-refractivity contribution in [2.75, 3.05) is 30.4 Å². The van der Waals surface area contributed by atoms with Crippen LogP contribution in [0, 0.1) is 0 Å². The molecule has 0 spiro atoms. The first-order valence-electron chi connectivity index (χ1n) is 7.40. The average molecular weight is 328 g/mol. The van der Waals surface area contributed by atoms with Crippen LogP contribution in [0.3, 0.4) is 0 Å². The molecule has 4 rings (SSSR count). The van der Waals surface area contributed by atoms with Crippen LogP contribution in [0.1, 0.15) is 6.92 Å². The summed E-state index contributed by atoms with van der Waals surface area (Å²) in [6, 6.07) is 2.35. The minimum absolute atomic E-state index is 0.243. The molecule has 23 heavy (non-hydrogen) atoms. The first-order valence-corrected chi connectivity index (χ1v) is 8.28. The van der Waals surface area contributed by atoms with Crippen LogP contribution in [-0.2, 0) is 4.74 Å². The van der Waals surface area contributed by atoms with Crippen molar-refractivity contribution in [2.45, 2.75) is 13.0 Å². The Bertz CT molecular complexity index is 834. The Kier molecular flexibility index (Phi) is 3.55. The minimum Gasteiger partial charge on any atom is -0.377 e. The molecular weight excluding hydrogens is 312 g/mol. The molecular formula is C15H16N6OS. The van der Waals surface area contributed by atoms with E-state index >= 15 is 0 Å². The van der Waals surface area contributed by atoms with Crippen molar-refractivity contribution < 1.29 is 4.74 Å². The number of ether oxygens (including phenoxy) is 1. The van der Waals surface area contributed by atoms with E-state index in [0.29, 0.717) is 19.0 Å². The Labute approximate surface area is 137 Å². The van der Waals surface area contributed by atoms with E-state index in [1.165, 1.54) is 0 Å². The van der Waals surface area contributed by atoms with Crippen molar-refractivity contribution in [3.05, 3.63) is 23.8 Å². The number of aromatic nitrogens is 4. The van der Waals surface area contributed by atoms with Gasteiger partial charge in [-0.1, -0.05) is 0 Å². The van der Waals surface area contributed by atoms with E-state index in [9.17, 15) is 0 Å². The SMILES string of the molecule is CC1COCCN1c1nc(-c2cnc(N)nc2)nc2sccc12. The molecule has 4 heterocycles. The van der Waals surface area contributed by atoms with E-state index < -0.39 is 0 Å². The van der Waals surface area contributed by atoms with Gasteiger partial charge < -0.3 is 15.4 Å². The van der Waals surface area contributed by atoms with Gasteiger partial charge in [0.2, 0.25) is 5.95 Å². The summed E-state index contributed by atoms with van der Waals surface area (Å²) in [5.41, 5.74) is 6.32. The highest BCUT2D eigenvalue weighted by Gasteiger charge is 2.23. The van der Waals surface area contributed by atoms with Gasteiger partial charge in [0.15, 0.2) is 5.82 Å². The van der Waals surface area contributed by atoms with Crippen LogP contribution in [0.15, 0.2) is 23.8 Å². The molecule has 0 aromatic carbocycles. The van der Waals surface area contributed by atoms with E-state index in [-0.39, 0.29) is 12.0 Å². The monoisotopic (exact) mass is 328 g/mol. The maximum atomic E-state index is 5.56. The van der Waals surface area contributed by atoms with Gasteiger partial charge in [-0.2, -0.15) is 0 Å². The Morgan fingerprint density at radius 2 is 2.13 bits per heavy atom. The first kappa shape index (κ1) is 14.3. The van der Waals surface area contributed by atoms with Crippen LogP contribution < -0.4 is 10.6 Å². The van der Waals surface area contributed by atoms with Crippen molar-refractivity contribution >= 4 is 33.3 Å². The first-order chi connectivity index (χ1) is 11.2. The van der Waals surface area contributed by atoms with Gasteiger partial charge in [0, 0.05) is 18.9 Å². The molecule has 0 radical (unpaired) electrons. The Morgan fingerprint density at radius 3 is 2.91 bits per heavy atom. The molecule has 0 saturated carbocycles. The topological polar surface area (TPSA) is 90.0 Å². The quantitative estimate of drug-likeness (QED) is 0.769. The minimum atomic E-state index is 0.243. The van der Waals surface area contributed by atoms with Gasteiger partial charge in [0.05, 0.1) is 30.2 Å². The van der Waals surface area contributed by atoms with Crippen molar-refractivity contribution in [3.8, 4) is 11.4 Å². The van der Waals surface area contributed by atoms with Crippen LogP contribution in [-0.4, -0.2) is 45.7 Å². The highest BCUT2D eigenvalue weighted by molar-refractivity contribution is 7.16. The number of nitrogens with zero attached hydrogens (tertiary/aromatic N) is 5. The van der Waals surface area contributed by atoms with Crippen LogP contribution in [0.25, 0.3) is 21.6 Å². The maximum Gasteiger partial charge on any atom is 0.219 e. The highest BCUT2D eigenvalue weighted by Crippen LogP contribution is 2.32. The molecule has 1 aliphatic heterocycles. The molecule has 8 heteroatoms. The zero-order chi connectivity index (χ0) is 15.8. The predicted molar refractivity (Wildman–Crippen MR) is 90.5 cm³/mol. The molecule has 7 nitrogen and oxygen atoms in total. The van der Waals surface area contributed by atoms with Crippen molar-refractivity contribution in [3.63, 3.8) is 0 Å². The summed E-state index contributed by atoms with van der Waals surface area (Å²) in [6.07, 6.45) is 3.31. The Hall–Kier alpha value is -2.32. The second kappa shape index (κ2) is 5.71. The number of anilines is 2. The maximum absolute atomic E-state index is 5.56. The van der Waals surface area contributed by atoms with E-state index in [4.69, 9.17) is 15.5 Å². The summed E-state index contributed by atoms with van der Waals surface area (Å²) in [5, 5.41) is 3.11. The van der Waals surface area contributed by atoms with E-state index in [1.54, 1.807) is 23.7 Å². The lowest BCUT2D eigenvalue weighted by Gasteiger charge is -2.34. The summed E-state index contributed by atoms with van der Waals surface area (Å²) >= 11 is 1.60. The zero-order valence-corrected chi connectivity index (χ0v) is 13.5. The molecule has 0 amide bonds. The molecule has 0 bridgehead atoms. The molecule has 1 saturated heterocycles. The van der Waals surface area contributed by atoms with Gasteiger partial charge in [0.25, 0.3) is 0 Å². The van der Waals surface area contributed by atoms with Crippen LogP contribution in [0.2, 0.25) is 0 Å². The van der Waals surface area contributed by atoms with Gasteiger partial charge >= 0.3 is 0 Å². The Balaban J connectivity index is 1.85. The third kappa shape index (κ3) is 2.60. The zero-order valence-electron chi connectivity index (χ0n) is 12.6. The third-order valence-corrected chi connectivity index (χ3v) is 4.68. The molecule has 118 valence electrons. The summed E-state index contributed by atoms with van der Waals surface area (Å²) in [7, 11) is 0. The highest BCUT2D eigenvalue weighted by atomic mass is 32.1. The molecule has 3 aromatic heterocycles. The molecule has 1 fully saturated rings. The van der Waals surface area contributed by atoms with Gasteiger partial charge in [-0.05, 0) is 18.4 Å². The summed E-state index contributed by atoms with van der Waals surface area (Å²) < 4.78 is 5.54. The van der Waals surface area contributed by atoms with Crippen LogP contribution in [0.5, 0.6) is 0 Å². The molecule has 0 aliphatic carbocycles. The van der Waals surface area contributed by atoms with Crippen molar-refractivity contribution in [1.29, 1.82) is 0 Å². The Morgan fingerprint density at radius 1 is 1.30 bits per heavy atom. The van der Waals surface area contributed by atoms with E-state index in [1.807, 2.05) is 5.38 Å². The van der Waals surface area contributed by atoms with E-state index in [0.717, 1.165) is 28.1 Å². The molecule has 2 N–H and O–H groups in total. The predicted octanol–water partition coefficient (Wildman–Crippen LogP) is 1.96.